The molecule has 0 aromatic heterocycles. The van der Waals surface area contributed by atoms with Crippen molar-refractivity contribution in [3.63, 3.8) is 0 Å². The summed E-state index contributed by atoms with van der Waals surface area (Å²) in [6.45, 7) is 4.69. The van der Waals surface area contributed by atoms with Crippen LogP contribution in [0.1, 0.15) is 42.5 Å². The number of thioether (sulfide) groups is 1. The first-order chi connectivity index (χ1) is 13.3. The Bertz CT molecular complexity index is 786. The molecular formula is C23H28N2OS. The van der Waals surface area contributed by atoms with Crippen molar-refractivity contribution in [1.29, 1.82) is 0 Å². The molecule has 2 saturated heterocycles. The fourth-order valence-corrected chi connectivity index (χ4v) is 6.38. The monoisotopic (exact) mass is 380 g/mol. The van der Waals surface area contributed by atoms with Gasteiger partial charge < -0.3 is 0 Å². The summed E-state index contributed by atoms with van der Waals surface area (Å²) in [6, 6.07) is 8.08. The van der Waals surface area contributed by atoms with Crippen LogP contribution in [0, 0.1) is 5.92 Å². The van der Waals surface area contributed by atoms with E-state index in [1.165, 1.54) is 57.3 Å². The first-order valence-electron chi connectivity index (χ1n) is 10.5. The van der Waals surface area contributed by atoms with Crippen LogP contribution >= 0.6 is 11.8 Å². The van der Waals surface area contributed by atoms with Crippen molar-refractivity contribution in [3.8, 4) is 0 Å². The SMILES string of the molecule is O=C1c2ccccc2SC2C=CC(CN3CCCN4CCCCCC43)=CC12. The number of Topliss-reactive ketones (excluding diaryl/α,β-unsaturated/α-hetero) is 1. The number of hydrogen-bond donors (Lipinski definition) is 0. The van der Waals surface area contributed by atoms with Gasteiger partial charge in [-0.2, -0.15) is 0 Å². The topological polar surface area (TPSA) is 23.6 Å². The van der Waals surface area contributed by atoms with Crippen LogP contribution in [0.5, 0.6) is 0 Å². The molecule has 3 unspecified atom stereocenters. The maximum absolute atomic E-state index is 13.0. The van der Waals surface area contributed by atoms with Gasteiger partial charge in [0.05, 0.1) is 12.1 Å². The predicted octanol–water partition coefficient (Wildman–Crippen LogP) is 4.36. The van der Waals surface area contributed by atoms with E-state index in [9.17, 15) is 4.79 Å². The molecule has 0 saturated carbocycles. The highest BCUT2D eigenvalue weighted by molar-refractivity contribution is 8.00. The van der Waals surface area contributed by atoms with Gasteiger partial charge in [0.15, 0.2) is 5.78 Å². The van der Waals surface area contributed by atoms with Crippen LogP contribution in [-0.4, -0.2) is 53.2 Å². The van der Waals surface area contributed by atoms with Gasteiger partial charge in [0, 0.05) is 35.3 Å². The van der Waals surface area contributed by atoms with Gasteiger partial charge in [-0.3, -0.25) is 14.6 Å². The molecule has 1 aliphatic carbocycles. The first-order valence-corrected chi connectivity index (χ1v) is 11.3. The Morgan fingerprint density at radius 3 is 2.89 bits per heavy atom. The molecule has 3 nitrogen and oxygen atoms in total. The second-order valence-corrected chi connectivity index (χ2v) is 9.48. The van der Waals surface area contributed by atoms with E-state index in [0.29, 0.717) is 11.9 Å². The molecule has 27 heavy (non-hydrogen) atoms. The van der Waals surface area contributed by atoms with E-state index < -0.39 is 0 Å². The predicted molar refractivity (Wildman–Crippen MR) is 111 cm³/mol. The molecule has 3 heterocycles. The highest BCUT2D eigenvalue weighted by Gasteiger charge is 2.36. The van der Waals surface area contributed by atoms with Crippen LogP contribution in [-0.2, 0) is 0 Å². The van der Waals surface area contributed by atoms with E-state index in [4.69, 9.17) is 0 Å². The van der Waals surface area contributed by atoms with Crippen LogP contribution < -0.4 is 0 Å². The number of carbonyl (C=O) groups is 1. The number of carbonyl (C=O) groups excluding carboxylic acids is 1. The standard InChI is InChI=1S/C23H28N2OS/c26-23-18-7-3-4-8-20(18)27-21-11-10-17(15-19(21)23)16-25-14-6-13-24-12-5-1-2-9-22(24)25/h3-4,7-8,10-11,15,19,21-22H,1-2,5-6,9,12-14,16H2. The number of hydrogen-bond acceptors (Lipinski definition) is 4. The summed E-state index contributed by atoms with van der Waals surface area (Å²) in [6.07, 6.45) is 14.1. The van der Waals surface area contributed by atoms with Crippen molar-refractivity contribution in [2.45, 2.75) is 48.4 Å². The van der Waals surface area contributed by atoms with Gasteiger partial charge in [-0.1, -0.05) is 49.3 Å². The second kappa shape index (κ2) is 7.57. The third-order valence-electron chi connectivity index (χ3n) is 6.49. The number of nitrogens with zero attached hydrogens (tertiary/aromatic N) is 2. The van der Waals surface area contributed by atoms with E-state index in [1.807, 2.05) is 30.0 Å². The van der Waals surface area contributed by atoms with E-state index in [2.05, 4.69) is 34.1 Å². The molecular weight excluding hydrogens is 352 g/mol. The Hall–Kier alpha value is -1.36. The average molecular weight is 381 g/mol. The summed E-state index contributed by atoms with van der Waals surface area (Å²) < 4.78 is 0. The summed E-state index contributed by atoms with van der Waals surface area (Å²) in [7, 11) is 0. The molecule has 142 valence electrons. The normalized spacial score (nSPS) is 31.5. The minimum Gasteiger partial charge on any atom is -0.293 e. The molecule has 5 rings (SSSR count). The molecule has 0 amide bonds. The van der Waals surface area contributed by atoms with Gasteiger partial charge in [0.2, 0.25) is 0 Å². The summed E-state index contributed by atoms with van der Waals surface area (Å²) >= 11 is 1.84. The Balaban J connectivity index is 1.35. The van der Waals surface area contributed by atoms with E-state index in [1.54, 1.807) is 0 Å². The minimum absolute atomic E-state index is 0.0000674. The molecule has 3 aliphatic heterocycles. The van der Waals surface area contributed by atoms with Gasteiger partial charge in [-0.15, -0.1) is 11.8 Å². The van der Waals surface area contributed by atoms with E-state index in [-0.39, 0.29) is 11.2 Å². The van der Waals surface area contributed by atoms with Crippen molar-refractivity contribution >= 4 is 17.5 Å². The molecule has 1 aromatic carbocycles. The highest BCUT2D eigenvalue weighted by atomic mass is 32.2. The van der Waals surface area contributed by atoms with E-state index in [0.717, 1.165) is 17.0 Å². The fraction of sp³-hybridized carbons (Fsp3) is 0.522. The summed E-state index contributed by atoms with van der Waals surface area (Å²) in [5, 5.41) is 0.256. The van der Waals surface area contributed by atoms with Gasteiger partial charge in [-0.25, -0.2) is 0 Å². The Morgan fingerprint density at radius 1 is 1.04 bits per heavy atom. The Labute approximate surface area is 166 Å². The maximum atomic E-state index is 13.0. The van der Waals surface area contributed by atoms with Crippen molar-refractivity contribution < 1.29 is 4.79 Å². The van der Waals surface area contributed by atoms with Crippen molar-refractivity contribution in [2.75, 3.05) is 26.2 Å². The fourth-order valence-electron chi connectivity index (χ4n) is 5.13. The molecule has 0 radical (unpaired) electrons. The zero-order valence-electron chi connectivity index (χ0n) is 15.8. The van der Waals surface area contributed by atoms with E-state index >= 15 is 0 Å². The van der Waals surface area contributed by atoms with Crippen LogP contribution in [0.15, 0.2) is 53.0 Å². The number of benzene rings is 1. The maximum Gasteiger partial charge on any atom is 0.172 e. The minimum atomic E-state index is -0.0000674. The number of allylic oxidation sites excluding steroid dienone is 1. The van der Waals surface area contributed by atoms with Gasteiger partial charge >= 0.3 is 0 Å². The van der Waals surface area contributed by atoms with Gasteiger partial charge in [-0.05, 0) is 37.4 Å². The average Bonchev–Trinajstić information content (AvgIpc) is 2.95. The van der Waals surface area contributed by atoms with Crippen molar-refractivity contribution in [3.05, 3.63) is 53.6 Å². The van der Waals surface area contributed by atoms with Gasteiger partial charge in [0.25, 0.3) is 0 Å². The lowest BCUT2D eigenvalue weighted by atomic mass is 9.88. The molecule has 2 fully saturated rings. The number of rotatable bonds is 2. The largest absolute Gasteiger partial charge is 0.293 e. The zero-order chi connectivity index (χ0) is 18.2. The van der Waals surface area contributed by atoms with Crippen molar-refractivity contribution in [2.24, 2.45) is 5.92 Å². The summed E-state index contributed by atoms with van der Waals surface area (Å²) in [5.74, 6) is 0.297. The number of ketones is 1. The molecule has 0 bridgehead atoms. The second-order valence-electron chi connectivity index (χ2n) is 8.26. The van der Waals surface area contributed by atoms with Crippen LogP contribution in [0.2, 0.25) is 0 Å². The zero-order valence-corrected chi connectivity index (χ0v) is 16.7. The van der Waals surface area contributed by atoms with Crippen LogP contribution in [0.25, 0.3) is 0 Å². The summed E-state index contributed by atoms with van der Waals surface area (Å²) in [4.78, 5) is 19.5. The lowest BCUT2D eigenvalue weighted by molar-refractivity contribution is 0.0119. The van der Waals surface area contributed by atoms with Crippen molar-refractivity contribution in [1.82, 2.24) is 9.80 Å². The van der Waals surface area contributed by atoms with Crippen LogP contribution in [0.3, 0.4) is 0 Å². The molecule has 4 aliphatic rings. The lowest BCUT2D eigenvalue weighted by Gasteiger charge is -2.44. The quantitative estimate of drug-likeness (QED) is 0.760. The molecule has 3 atom stereocenters. The molecule has 0 spiro atoms. The third kappa shape index (κ3) is 3.43. The first kappa shape index (κ1) is 17.7. The lowest BCUT2D eigenvalue weighted by Crippen LogP contribution is -2.53. The molecule has 0 N–H and O–H groups in total. The highest BCUT2D eigenvalue weighted by Crippen LogP contribution is 2.42. The van der Waals surface area contributed by atoms with Crippen LogP contribution in [0.4, 0.5) is 0 Å². The molecule has 4 heteroatoms. The number of fused-ring (bicyclic) bond motifs is 3. The van der Waals surface area contributed by atoms with Gasteiger partial charge in [0.1, 0.15) is 0 Å². The Kier molecular flexibility index (Phi) is 4.97. The summed E-state index contributed by atoms with van der Waals surface area (Å²) in [5.41, 5.74) is 2.23. The smallest absolute Gasteiger partial charge is 0.172 e. The third-order valence-corrected chi connectivity index (χ3v) is 7.83. The molecule has 1 aromatic rings. The Morgan fingerprint density at radius 2 is 1.93 bits per heavy atom.